The number of pyridine rings is 1. The molecule has 2 aromatic heterocycles. The molecule has 0 spiro atoms. The van der Waals surface area contributed by atoms with E-state index < -0.39 is 11.8 Å². The Kier molecular flexibility index (Phi) is 3.27. The predicted octanol–water partition coefficient (Wildman–Crippen LogP) is 4.56. The van der Waals surface area contributed by atoms with E-state index in [1.165, 1.54) is 29.5 Å². The topological polar surface area (TPSA) is 50.2 Å². The molecule has 0 aliphatic heterocycles. The van der Waals surface area contributed by atoms with Crippen molar-refractivity contribution in [3.05, 3.63) is 50.9 Å². The highest BCUT2D eigenvalue weighted by atomic mass is 79.9. The molecule has 0 fully saturated rings. The van der Waals surface area contributed by atoms with E-state index in [4.69, 9.17) is 0 Å². The lowest BCUT2D eigenvalue weighted by atomic mass is 10.1. The minimum absolute atomic E-state index is 0.0383. The van der Waals surface area contributed by atoms with Gasteiger partial charge in [0.25, 0.3) is 0 Å². The molecule has 0 atom stereocenters. The molecule has 3 aromatic rings. The third-order valence-electron chi connectivity index (χ3n) is 2.88. The van der Waals surface area contributed by atoms with Gasteiger partial charge in [0.2, 0.25) is 0 Å². The molecule has 3 rings (SSSR count). The largest absolute Gasteiger partial charge is 0.478 e. The lowest BCUT2D eigenvalue weighted by Gasteiger charge is -2.07. The van der Waals surface area contributed by atoms with E-state index in [-0.39, 0.29) is 10.9 Å². The van der Waals surface area contributed by atoms with E-state index in [9.17, 15) is 14.3 Å². The smallest absolute Gasteiger partial charge is 0.336 e. The summed E-state index contributed by atoms with van der Waals surface area (Å²) in [6.07, 6.45) is 0. The maximum absolute atomic E-state index is 13.5. The van der Waals surface area contributed by atoms with Crippen LogP contribution >= 0.6 is 27.3 Å². The average molecular weight is 352 g/mol. The standard InChI is InChI=1S/C14H7BrFNO2S/c15-11-4-8(16)3-9-10(14(18)19)5-12(17-13(9)11)7-1-2-20-6-7/h1-6H,(H,18,19). The van der Waals surface area contributed by atoms with Gasteiger partial charge in [-0.25, -0.2) is 14.2 Å². The molecular formula is C14H7BrFNO2S. The molecule has 0 saturated heterocycles. The van der Waals surface area contributed by atoms with E-state index in [1.54, 1.807) is 0 Å². The third kappa shape index (κ3) is 2.21. The zero-order valence-corrected chi connectivity index (χ0v) is 12.3. The number of hydrogen-bond acceptors (Lipinski definition) is 3. The van der Waals surface area contributed by atoms with Crippen LogP contribution in [0, 0.1) is 5.82 Å². The van der Waals surface area contributed by atoms with Crippen LogP contribution in [0.2, 0.25) is 0 Å². The Morgan fingerprint density at radius 2 is 2.15 bits per heavy atom. The second kappa shape index (κ2) is 4.96. The first-order chi connectivity index (χ1) is 9.56. The van der Waals surface area contributed by atoms with E-state index in [2.05, 4.69) is 20.9 Å². The molecule has 1 aromatic carbocycles. The fourth-order valence-corrected chi connectivity index (χ4v) is 3.16. The number of benzene rings is 1. The number of aromatic nitrogens is 1. The van der Waals surface area contributed by atoms with Gasteiger partial charge in [-0.1, -0.05) is 0 Å². The van der Waals surface area contributed by atoms with Crippen molar-refractivity contribution in [2.75, 3.05) is 0 Å². The van der Waals surface area contributed by atoms with Crippen LogP contribution in [0.1, 0.15) is 10.4 Å². The highest BCUT2D eigenvalue weighted by Crippen LogP contribution is 2.31. The number of carboxylic acids is 1. The summed E-state index contributed by atoms with van der Waals surface area (Å²) in [7, 11) is 0. The number of carbonyl (C=O) groups is 1. The zero-order valence-electron chi connectivity index (χ0n) is 9.93. The molecule has 0 saturated carbocycles. The van der Waals surface area contributed by atoms with Crippen molar-refractivity contribution < 1.29 is 14.3 Å². The molecular weight excluding hydrogens is 345 g/mol. The van der Waals surface area contributed by atoms with Crippen LogP contribution in [0.5, 0.6) is 0 Å². The first-order valence-electron chi connectivity index (χ1n) is 5.62. The molecule has 0 bridgehead atoms. The summed E-state index contributed by atoms with van der Waals surface area (Å²) < 4.78 is 13.9. The summed E-state index contributed by atoms with van der Waals surface area (Å²) in [4.78, 5) is 15.8. The van der Waals surface area contributed by atoms with Gasteiger partial charge in [0, 0.05) is 20.8 Å². The van der Waals surface area contributed by atoms with E-state index in [0.717, 1.165) is 5.56 Å². The van der Waals surface area contributed by atoms with Gasteiger partial charge in [0.05, 0.1) is 16.8 Å². The van der Waals surface area contributed by atoms with Gasteiger partial charge in [0.1, 0.15) is 5.82 Å². The summed E-state index contributed by atoms with van der Waals surface area (Å²) >= 11 is 4.74. The van der Waals surface area contributed by atoms with E-state index in [1.807, 2.05) is 16.8 Å². The van der Waals surface area contributed by atoms with Gasteiger partial charge < -0.3 is 5.11 Å². The first-order valence-corrected chi connectivity index (χ1v) is 7.35. The van der Waals surface area contributed by atoms with Crippen molar-refractivity contribution >= 4 is 44.1 Å². The third-order valence-corrected chi connectivity index (χ3v) is 4.17. The van der Waals surface area contributed by atoms with Crippen molar-refractivity contribution in [3.8, 4) is 11.3 Å². The molecule has 3 nitrogen and oxygen atoms in total. The number of rotatable bonds is 2. The van der Waals surface area contributed by atoms with Crippen LogP contribution in [0.4, 0.5) is 4.39 Å². The molecule has 1 N–H and O–H groups in total. The van der Waals surface area contributed by atoms with Gasteiger partial charge in [0.15, 0.2) is 0 Å². The molecule has 0 aliphatic rings. The number of aromatic carboxylic acids is 1. The number of thiophene rings is 1. The van der Waals surface area contributed by atoms with Gasteiger partial charge in [-0.3, -0.25) is 0 Å². The predicted molar refractivity (Wildman–Crippen MR) is 79.7 cm³/mol. The van der Waals surface area contributed by atoms with Gasteiger partial charge in [-0.15, -0.1) is 0 Å². The average Bonchev–Trinajstić information content (AvgIpc) is 2.91. The van der Waals surface area contributed by atoms with E-state index >= 15 is 0 Å². The Balaban J connectivity index is 2.40. The van der Waals surface area contributed by atoms with Crippen molar-refractivity contribution in [1.29, 1.82) is 0 Å². The molecule has 20 heavy (non-hydrogen) atoms. The van der Waals surface area contributed by atoms with Crippen LogP contribution in [0.3, 0.4) is 0 Å². The van der Waals surface area contributed by atoms with E-state index in [0.29, 0.717) is 15.7 Å². The van der Waals surface area contributed by atoms with Crippen molar-refractivity contribution in [3.63, 3.8) is 0 Å². The second-order valence-electron chi connectivity index (χ2n) is 4.16. The van der Waals surface area contributed by atoms with Gasteiger partial charge in [-0.05, 0) is 45.6 Å². The number of hydrogen-bond donors (Lipinski definition) is 1. The lowest BCUT2D eigenvalue weighted by molar-refractivity contribution is 0.0699. The summed E-state index contributed by atoms with van der Waals surface area (Å²) in [5, 5.41) is 13.4. The van der Waals surface area contributed by atoms with Crippen molar-refractivity contribution in [2.45, 2.75) is 0 Å². The van der Waals surface area contributed by atoms with Crippen molar-refractivity contribution in [2.24, 2.45) is 0 Å². The maximum Gasteiger partial charge on any atom is 0.336 e. The molecule has 0 radical (unpaired) electrons. The highest BCUT2D eigenvalue weighted by Gasteiger charge is 2.16. The number of halogens is 2. The van der Waals surface area contributed by atoms with Crippen LogP contribution < -0.4 is 0 Å². The van der Waals surface area contributed by atoms with Crippen molar-refractivity contribution in [1.82, 2.24) is 4.98 Å². The maximum atomic E-state index is 13.5. The van der Waals surface area contributed by atoms with Crippen LogP contribution in [-0.2, 0) is 0 Å². The monoisotopic (exact) mass is 351 g/mol. The molecule has 2 heterocycles. The number of fused-ring (bicyclic) bond motifs is 1. The Labute approximate surface area is 125 Å². The fraction of sp³-hybridized carbons (Fsp3) is 0. The number of carboxylic acid groups (broad SMARTS) is 1. The SMILES string of the molecule is O=C(O)c1cc(-c2ccsc2)nc2c(Br)cc(F)cc12. The fourth-order valence-electron chi connectivity index (χ4n) is 1.99. The quantitative estimate of drug-likeness (QED) is 0.735. The molecule has 6 heteroatoms. The van der Waals surface area contributed by atoms with Crippen LogP contribution in [0.15, 0.2) is 39.5 Å². The normalized spacial score (nSPS) is 10.9. The Bertz CT molecular complexity index is 818. The van der Waals surface area contributed by atoms with Gasteiger partial charge >= 0.3 is 5.97 Å². The highest BCUT2D eigenvalue weighted by molar-refractivity contribution is 9.10. The Hall–Kier alpha value is -1.79. The summed E-state index contributed by atoms with van der Waals surface area (Å²) in [6, 6.07) is 5.80. The summed E-state index contributed by atoms with van der Waals surface area (Å²) in [5.41, 5.74) is 1.88. The Morgan fingerprint density at radius 1 is 1.35 bits per heavy atom. The molecule has 0 aliphatic carbocycles. The zero-order chi connectivity index (χ0) is 14.3. The molecule has 0 unspecified atom stereocenters. The summed E-state index contributed by atoms with van der Waals surface area (Å²) in [6.45, 7) is 0. The van der Waals surface area contributed by atoms with Crippen LogP contribution in [0.25, 0.3) is 22.2 Å². The molecule has 100 valence electrons. The second-order valence-corrected chi connectivity index (χ2v) is 5.79. The minimum atomic E-state index is -1.11. The van der Waals surface area contributed by atoms with Crippen LogP contribution in [-0.4, -0.2) is 16.1 Å². The number of nitrogens with zero attached hydrogens (tertiary/aromatic N) is 1. The first kappa shape index (κ1) is 13.2. The minimum Gasteiger partial charge on any atom is -0.478 e. The molecule has 0 amide bonds. The van der Waals surface area contributed by atoms with Gasteiger partial charge in [-0.2, -0.15) is 11.3 Å². The lowest BCUT2D eigenvalue weighted by Crippen LogP contribution is -2.01. The summed E-state index contributed by atoms with van der Waals surface area (Å²) in [5.74, 6) is -1.61. The Morgan fingerprint density at radius 3 is 2.80 bits per heavy atom.